The minimum Gasteiger partial charge on any atom is -0.497 e. The van der Waals surface area contributed by atoms with Gasteiger partial charge < -0.3 is 14.8 Å². The third-order valence-corrected chi connectivity index (χ3v) is 2.91. The fourth-order valence-electron chi connectivity index (χ4n) is 1.81. The lowest BCUT2D eigenvalue weighted by atomic mass is 10.1. The highest BCUT2D eigenvalue weighted by Gasteiger charge is 2.06. The van der Waals surface area contributed by atoms with Crippen molar-refractivity contribution in [1.29, 1.82) is 0 Å². The first-order valence-electron chi connectivity index (χ1n) is 6.14. The molecule has 0 aliphatic carbocycles. The Kier molecular flexibility index (Phi) is 4.23. The molecule has 1 aromatic carbocycles. The number of hydrogen-bond donors (Lipinski definition) is 1. The molecule has 0 spiro atoms. The van der Waals surface area contributed by atoms with Gasteiger partial charge in [0.15, 0.2) is 0 Å². The van der Waals surface area contributed by atoms with Crippen LogP contribution >= 0.6 is 0 Å². The van der Waals surface area contributed by atoms with E-state index in [0.717, 1.165) is 11.6 Å². The van der Waals surface area contributed by atoms with Crippen molar-refractivity contribution in [2.24, 2.45) is 0 Å². The molecule has 0 aliphatic heterocycles. The van der Waals surface area contributed by atoms with Gasteiger partial charge in [-0.05, 0) is 30.7 Å². The van der Waals surface area contributed by atoms with Crippen LogP contribution in [0.1, 0.15) is 18.5 Å². The molecule has 1 unspecified atom stereocenters. The monoisotopic (exact) mass is 258 g/mol. The highest BCUT2D eigenvalue weighted by Crippen LogP contribution is 2.21. The molecule has 19 heavy (non-hydrogen) atoms. The maximum Gasteiger partial charge on any atom is 0.214 e. The quantitative estimate of drug-likeness (QED) is 0.893. The van der Waals surface area contributed by atoms with Crippen LogP contribution in [0, 0.1) is 0 Å². The molecular weight excluding hydrogens is 240 g/mol. The molecule has 2 rings (SSSR count). The fourth-order valence-corrected chi connectivity index (χ4v) is 1.81. The van der Waals surface area contributed by atoms with Crippen LogP contribution in [-0.4, -0.2) is 19.2 Å². The average molecular weight is 258 g/mol. The molecule has 1 N–H and O–H groups in total. The summed E-state index contributed by atoms with van der Waals surface area (Å²) in [6, 6.07) is 13.8. The van der Waals surface area contributed by atoms with Crippen LogP contribution in [0.15, 0.2) is 42.5 Å². The molecule has 0 radical (unpaired) electrons. The van der Waals surface area contributed by atoms with Crippen molar-refractivity contribution in [1.82, 2.24) is 4.98 Å². The Morgan fingerprint density at radius 2 is 1.74 bits per heavy atom. The Hall–Kier alpha value is -2.23. The van der Waals surface area contributed by atoms with Crippen LogP contribution in [0.25, 0.3) is 0 Å². The van der Waals surface area contributed by atoms with E-state index >= 15 is 0 Å². The molecule has 100 valence electrons. The number of ether oxygens (including phenoxy) is 2. The number of hydrogen-bond acceptors (Lipinski definition) is 4. The van der Waals surface area contributed by atoms with Crippen LogP contribution in [0.3, 0.4) is 0 Å². The molecular formula is C15H18N2O2. The molecule has 1 aromatic heterocycles. The number of aromatic nitrogens is 1. The predicted octanol–water partition coefficient (Wildman–Crippen LogP) is 3.27. The summed E-state index contributed by atoms with van der Waals surface area (Å²) in [4.78, 5) is 4.33. The molecule has 1 heterocycles. The van der Waals surface area contributed by atoms with E-state index in [-0.39, 0.29) is 6.04 Å². The molecule has 2 aromatic rings. The lowest BCUT2D eigenvalue weighted by Crippen LogP contribution is -2.08. The van der Waals surface area contributed by atoms with E-state index in [2.05, 4.69) is 17.2 Å². The summed E-state index contributed by atoms with van der Waals surface area (Å²) >= 11 is 0. The van der Waals surface area contributed by atoms with Gasteiger partial charge >= 0.3 is 0 Å². The van der Waals surface area contributed by atoms with Gasteiger partial charge in [0.25, 0.3) is 0 Å². The molecule has 0 bridgehead atoms. The van der Waals surface area contributed by atoms with Gasteiger partial charge in [0.2, 0.25) is 5.88 Å². The lowest BCUT2D eigenvalue weighted by molar-refractivity contribution is 0.398. The maximum atomic E-state index is 5.15. The number of nitrogens with zero attached hydrogens (tertiary/aromatic N) is 1. The summed E-state index contributed by atoms with van der Waals surface area (Å²) in [7, 11) is 3.27. The number of rotatable bonds is 5. The van der Waals surface area contributed by atoms with Crippen molar-refractivity contribution in [2.75, 3.05) is 19.5 Å². The van der Waals surface area contributed by atoms with Gasteiger partial charge in [-0.1, -0.05) is 18.2 Å². The van der Waals surface area contributed by atoms with Crippen molar-refractivity contribution in [3.8, 4) is 11.6 Å². The standard InChI is InChI=1S/C15H18N2O2/c1-11(12-7-9-13(18-2)10-8-12)16-14-5-4-6-15(17-14)19-3/h4-11H,1-3H3,(H,16,17). The minimum absolute atomic E-state index is 0.158. The molecule has 4 heteroatoms. The smallest absolute Gasteiger partial charge is 0.214 e. The normalized spacial score (nSPS) is 11.7. The predicted molar refractivity (Wildman–Crippen MR) is 75.8 cm³/mol. The molecule has 0 saturated carbocycles. The van der Waals surface area contributed by atoms with Gasteiger partial charge in [-0.2, -0.15) is 4.98 Å². The largest absolute Gasteiger partial charge is 0.497 e. The molecule has 1 atom stereocenters. The second-order valence-electron chi connectivity index (χ2n) is 4.20. The van der Waals surface area contributed by atoms with E-state index in [9.17, 15) is 0 Å². The summed E-state index contributed by atoms with van der Waals surface area (Å²) in [5, 5.41) is 3.34. The Balaban J connectivity index is 2.08. The van der Waals surface area contributed by atoms with E-state index in [1.807, 2.05) is 42.5 Å². The third kappa shape index (κ3) is 3.37. The Morgan fingerprint density at radius 1 is 1.00 bits per heavy atom. The summed E-state index contributed by atoms with van der Waals surface area (Å²) in [6.45, 7) is 2.09. The van der Waals surface area contributed by atoms with Crippen molar-refractivity contribution in [3.05, 3.63) is 48.0 Å². The zero-order valence-corrected chi connectivity index (χ0v) is 11.4. The Labute approximate surface area is 113 Å². The molecule has 0 fully saturated rings. The molecule has 0 saturated heterocycles. The molecule has 0 aliphatic rings. The summed E-state index contributed by atoms with van der Waals surface area (Å²) < 4.78 is 10.3. The second kappa shape index (κ2) is 6.09. The summed E-state index contributed by atoms with van der Waals surface area (Å²) in [5.41, 5.74) is 1.17. The number of benzene rings is 1. The highest BCUT2D eigenvalue weighted by atomic mass is 16.5. The van der Waals surface area contributed by atoms with E-state index in [1.165, 1.54) is 5.56 Å². The van der Waals surface area contributed by atoms with Crippen molar-refractivity contribution in [3.63, 3.8) is 0 Å². The average Bonchev–Trinajstić information content (AvgIpc) is 2.47. The maximum absolute atomic E-state index is 5.15. The number of nitrogens with one attached hydrogen (secondary N) is 1. The van der Waals surface area contributed by atoms with Crippen LogP contribution in [0.2, 0.25) is 0 Å². The highest BCUT2D eigenvalue weighted by molar-refractivity contribution is 5.41. The van der Waals surface area contributed by atoms with E-state index in [0.29, 0.717) is 5.88 Å². The van der Waals surface area contributed by atoms with Crippen LogP contribution < -0.4 is 14.8 Å². The second-order valence-corrected chi connectivity index (χ2v) is 4.20. The zero-order valence-electron chi connectivity index (χ0n) is 11.4. The van der Waals surface area contributed by atoms with Gasteiger partial charge in [0.1, 0.15) is 11.6 Å². The van der Waals surface area contributed by atoms with Gasteiger partial charge in [0, 0.05) is 12.1 Å². The van der Waals surface area contributed by atoms with Crippen molar-refractivity contribution < 1.29 is 9.47 Å². The van der Waals surface area contributed by atoms with Gasteiger partial charge in [0.05, 0.1) is 14.2 Å². The van der Waals surface area contributed by atoms with Crippen LogP contribution in [0.4, 0.5) is 5.82 Å². The van der Waals surface area contributed by atoms with Gasteiger partial charge in [-0.3, -0.25) is 0 Å². The molecule has 0 amide bonds. The summed E-state index contributed by atoms with van der Waals surface area (Å²) in [5.74, 6) is 2.25. The lowest BCUT2D eigenvalue weighted by Gasteiger charge is -2.15. The summed E-state index contributed by atoms with van der Waals surface area (Å²) in [6.07, 6.45) is 0. The topological polar surface area (TPSA) is 43.4 Å². The number of anilines is 1. The van der Waals surface area contributed by atoms with E-state index < -0.39 is 0 Å². The number of methoxy groups -OCH3 is 2. The zero-order chi connectivity index (χ0) is 13.7. The van der Waals surface area contributed by atoms with Crippen molar-refractivity contribution in [2.45, 2.75) is 13.0 Å². The van der Waals surface area contributed by atoms with Gasteiger partial charge in [-0.25, -0.2) is 0 Å². The van der Waals surface area contributed by atoms with Crippen LogP contribution in [-0.2, 0) is 0 Å². The van der Waals surface area contributed by atoms with Crippen LogP contribution in [0.5, 0.6) is 11.6 Å². The Morgan fingerprint density at radius 3 is 2.37 bits per heavy atom. The minimum atomic E-state index is 0.158. The van der Waals surface area contributed by atoms with Crippen molar-refractivity contribution >= 4 is 5.82 Å². The first-order valence-corrected chi connectivity index (χ1v) is 6.14. The molecule has 4 nitrogen and oxygen atoms in total. The van der Waals surface area contributed by atoms with E-state index in [4.69, 9.17) is 9.47 Å². The number of pyridine rings is 1. The van der Waals surface area contributed by atoms with Gasteiger partial charge in [-0.15, -0.1) is 0 Å². The first kappa shape index (κ1) is 13.2. The fraction of sp³-hybridized carbons (Fsp3) is 0.267. The Bertz CT molecular complexity index is 526. The van der Waals surface area contributed by atoms with E-state index in [1.54, 1.807) is 14.2 Å². The first-order chi connectivity index (χ1) is 9.22. The third-order valence-electron chi connectivity index (χ3n) is 2.91. The SMILES string of the molecule is COc1ccc(C(C)Nc2cccc(OC)n2)cc1.